The second-order valence-electron chi connectivity index (χ2n) is 7.54. The molecule has 2 aliphatic rings. The Morgan fingerprint density at radius 2 is 1.83 bits per heavy atom. The fraction of sp³-hybridized carbons (Fsp3) is 0.364. The first-order valence-corrected chi connectivity index (χ1v) is 11.0. The largest absolute Gasteiger partial charge is 0.397 e. The highest BCUT2D eigenvalue weighted by Gasteiger charge is 2.27. The van der Waals surface area contributed by atoms with E-state index in [2.05, 4.69) is 10.2 Å². The lowest BCUT2D eigenvalue weighted by molar-refractivity contribution is 0.103. The van der Waals surface area contributed by atoms with Gasteiger partial charge in [-0.1, -0.05) is 18.2 Å². The molecule has 0 unspecified atom stereocenters. The molecule has 7 heteroatoms. The zero-order chi connectivity index (χ0) is 19.8. The van der Waals surface area contributed by atoms with Crippen molar-refractivity contribution in [2.24, 2.45) is 0 Å². The molecular weight excluding hydrogens is 384 g/mol. The average molecular weight is 409 g/mol. The van der Waals surface area contributed by atoms with E-state index in [0.29, 0.717) is 10.6 Å². The van der Waals surface area contributed by atoms with E-state index < -0.39 is 0 Å². The van der Waals surface area contributed by atoms with E-state index in [-0.39, 0.29) is 5.91 Å². The van der Waals surface area contributed by atoms with E-state index in [0.717, 1.165) is 67.3 Å². The molecule has 0 spiro atoms. The minimum absolute atomic E-state index is 0.172. The first-order valence-electron chi connectivity index (χ1n) is 10.1. The number of benzene rings is 1. The quantitative estimate of drug-likeness (QED) is 0.688. The molecule has 3 N–H and O–H groups in total. The Kier molecular flexibility index (Phi) is 4.85. The highest BCUT2D eigenvalue weighted by atomic mass is 32.1. The maximum Gasteiger partial charge on any atom is 0.267 e. The van der Waals surface area contributed by atoms with Crippen molar-refractivity contribution in [3.63, 3.8) is 0 Å². The van der Waals surface area contributed by atoms with Crippen LogP contribution in [-0.2, 0) is 17.6 Å². The molecule has 1 amide bonds. The van der Waals surface area contributed by atoms with Gasteiger partial charge >= 0.3 is 0 Å². The molecule has 1 aliphatic carbocycles. The smallest absolute Gasteiger partial charge is 0.267 e. The van der Waals surface area contributed by atoms with Crippen LogP contribution < -0.4 is 16.0 Å². The monoisotopic (exact) mass is 408 g/mol. The van der Waals surface area contributed by atoms with Crippen LogP contribution in [0.1, 0.15) is 33.6 Å². The zero-order valence-electron chi connectivity index (χ0n) is 16.2. The van der Waals surface area contributed by atoms with Crippen LogP contribution in [0.5, 0.6) is 0 Å². The molecule has 0 saturated carbocycles. The number of pyridine rings is 1. The van der Waals surface area contributed by atoms with E-state index in [1.807, 2.05) is 30.3 Å². The number of nitrogen functional groups attached to an aromatic ring is 1. The van der Waals surface area contributed by atoms with Crippen LogP contribution in [0.2, 0.25) is 0 Å². The number of fused-ring (bicyclic) bond motifs is 3. The van der Waals surface area contributed by atoms with Crippen LogP contribution in [0.25, 0.3) is 10.2 Å². The number of anilines is 3. The summed E-state index contributed by atoms with van der Waals surface area (Å²) in [5.41, 5.74) is 10.4. The number of carbonyl (C=O) groups is 1. The molecule has 2 aromatic heterocycles. The van der Waals surface area contributed by atoms with Gasteiger partial charge < -0.3 is 20.7 Å². The summed E-state index contributed by atoms with van der Waals surface area (Å²) in [6.45, 7) is 3.16. The van der Waals surface area contributed by atoms with Crippen molar-refractivity contribution in [1.82, 2.24) is 4.98 Å². The third kappa shape index (κ3) is 3.34. The van der Waals surface area contributed by atoms with E-state index in [9.17, 15) is 4.79 Å². The normalized spacial score (nSPS) is 16.6. The third-order valence-electron chi connectivity index (χ3n) is 5.72. The van der Waals surface area contributed by atoms with Crippen LogP contribution in [0.15, 0.2) is 30.3 Å². The van der Waals surface area contributed by atoms with Gasteiger partial charge in [0, 0.05) is 24.2 Å². The first-order chi connectivity index (χ1) is 14.2. The average Bonchev–Trinajstić information content (AvgIpc) is 3.11. The summed E-state index contributed by atoms with van der Waals surface area (Å²) in [5.74, 6) is 0.890. The second-order valence-corrected chi connectivity index (χ2v) is 8.54. The van der Waals surface area contributed by atoms with Crippen molar-refractivity contribution in [3.8, 4) is 0 Å². The van der Waals surface area contributed by atoms with E-state index in [1.54, 1.807) is 0 Å². The lowest BCUT2D eigenvalue weighted by atomic mass is 9.89. The molecule has 1 fully saturated rings. The van der Waals surface area contributed by atoms with Crippen molar-refractivity contribution < 1.29 is 9.53 Å². The molecule has 0 radical (unpaired) electrons. The standard InChI is InChI=1S/C22H24N4O2S/c23-18-17-15-8-4-5-9-16(15)20(26-10-12-28-13-11-26)25-22(17)29-19(18)21(27)24-14-6-2-1-3-7-14/h1-3,6-7H,4-5,8-13,23H2,(H,24,27). The lowest BCUT2D eigenvalue weighted by Gasteiger charge is -2.31. The maximum atomic E-state index is 12.9. The molecule has 3 aromatic rings. The molecule has 1 aromatic carbocycles. The van der Waals surface area contributed by atoms with Crippen molar-refractivity contribution in [3.05, 3.63) is 46.3 Å². The van der Waals surface area contributed by atoms with Gasteiger partial charge in [0.2, 0.25) is 0 Å². The number of nitrogens with zero attached hydrogens (tertiary/aromatic N) is 2. The number of para-hydroxylation sites is 1. The molecule has 1 aliphatic heterocycles. The Hall–Kier alpha value is -2.64. The number of carbonyl (C=O) groups excluding carboxylic acids is 1. The van der Waals surface area contributed by atoms with Gasteiger partial charge in [-0.2, -0.15) is 0 Å². The number of hydrogen-bond acceptors (Lipinski definition) is 6. The van der Waals surface area contributed by atoms with Crippen LogP contribution >= 0.6 is 11.3 Å². The number of amides is 1. The number of ether oxygens (including phenoxy) is 1. The van der Waals surface area contributed by atoms with Gasteiger partial charge in [-0.05, 0) is 48.9 Å². The van der Waals surface area contributed by atoms with Gasteiger partial charge in [0.05, 0.1) is 18.9 Å². The molecule has 0 bridgehead atoms. The summed E-state index contributed by atoms with van der Waals surface area (Å²) in [4.78, 5) is 21.7. The Labute approximate surface area is 173 Å². The Morgan fingerprint density at radius 1 is 1.10 bits per heavy atom. The van der Waals surface area contributed by atoms with Crippen molar-refractivity contribution >= 4 is 44.7 Å². The molecule has 0 atom stereocenters. The van der Waals surface area contributed by atoms with Crippen LogP contribution in [0.3, 0.4) is 0 Å². The number of aromatic nitrogens is 1. The summed E-state index contributed by atoms with van der Waals surface area (Å²) in [5, 5.41) is 3.94. The third-order valence-corrected chi connectivity index (χ3v) is 6.82. The summed E-state index contributed by atoms with van der Waals surface area (Å²) in [6, 6.07) is 9.47. The molecule has 1 saturated heterocycles. The van der Waals surface area contributed by atoms with E-state index in [1.165, 1.54) is 28.9 Å². The zero-order valence-corrected chi connectivity index (χ0v) is 17.1. The summed E-state index contributed by atoms with van der Waals surface area (Å²) in [6.07, 6.45) is 4.33. The maximum absolute atomic E-state index is 12.9. The second kappa shape index (κ2) is 7.65. The Bertz CT molecular complexity index is 1060. The Morgan fingerprint density at radius 3 is 2.59 bits per heavy atom. The minimum Gasteiger partial charge on any atom is -0.397 e. The first kappa shape index (κ1) is 18.4. The molecule has 6 nitrogen and oxygen atoms in total. The van der Waals surface area contributed by atoms with Gasteiger partial charge in [0.25, 0.3) is 5.91 Å². The van der Waals surface area contributed by atoms with Gasteiger partial charge in [0.15, 0.2) is 0 Å². The predicted molar refractivity (Wildman–Crippen MR) is 118 cm³/mol. The number of morpholine rings is 1. The highest BCUT2D eigenvalue weighted by molar-refractivity contribution is 7.21. The van der Waals surface area contributed by atoms with Gasteiger partial charge in [0.1, 0.15) is 15.5 Å². The van der Waals surface area contributed by atoms with Crippen LogP contribution in [0.4, 0.5) is 17.2 Å². The number of aryl methyl sites for hydroxylation is 1. The van der Waals surface area contributed by atoms with Crippen molar-refractivity contribution in [2.45, 2.75) is 25.7 Å². The number of thiophene rings is 1. The molecule has 150 valence electrons. The van der Waals surface area contributed by atoms with E-state index in [4.69, 9.17) is 15.5 Å². The van der Waals surface area contributed by atoms with Crippen LogP contribution in [0, 0.1) is 0 Å². The topological polar surface area (TPSA) is 80.5 Å². The fourth-order valence-corrected chi connectivity index (χ4v) is 5.32. The highest BCUT2D eigenvalue weighted by Crippen LogP contribution is 2.42. The molecule has 5 rings (SSSR count). The van der Waals surface area contributed by atoms with Crippen LogP contribution in [-0.4, -0.2) is 37.2 Å². The number of rotatable bonds is 3. The fourth-order valence-electron chi connectivity index (χ4n) is 4.31. The molecule has 29 heavy (non-hydrogen) atoms. The number of nitrogens with two attached hydrogens (primary N) is 1. The number of hydrogen-bond donors (Lipinski definition) is 2. The van der Waals surface area contributed by atoms with Crippen molar-refractivity contribution in [1.29, 1.82) is 0 Å². The van der Waals surface area contributed by atoms with Gasteiger partial charge in [-0.15, -0.1) is 11.3 Å². The van der Waals surface area contributed by atoms with Gasteiger partial charge in [-0.3, -0.25) is 4.79 Å². The Balaban J connectivity index is 1.59. The SMILES string of the molecule is Nc1c(C(=O)Nc2ccccc2)sc2nc(N3CCOCC3)c3c(c12)CCCC3. The summed E-state index contributed by atoms with van der Waals surface area (Å²) >= 11 is 1.40. The van der Waals surface area contributed by atoms with Gasteiger partial charge in [-0.25, -0.2) is 4.98 Å². The number of nitrogens with one attached hydrogen (secondary N) is 1. The molecule has 3 heterocycles. The van der Waals surface area contributed by atoms with E-state index >= 15 is 0 Å². The molecular formula is C22H24N4O2S. The predicted octanol–water partition coefficient (Wildman–Crippen LogP) is 3.85. The lowest BCUT2D eigenvalue weighted by Crippen LogP contribution is -2.37. The van der Waals surface area contributed by atoms with Crippen molar-refractivity contribution in [2.75, 3.05) is 42.3 Å². The summed E-state index contributed by atoms with van der Waals surface area (Å²) in [7, 11) is 0. The minimum atomic E-state index is -0.172. The summed E-state index contributed by atoms with van der Waals surface area (Å²) < 4.78 is 5.52.